The molecule has 0 unspecified atom stereocenters. The molecule has 0 bridgehead atoms. The van der Waals surface area contributed by atoms with E-state index in [4.69, 9.17) is 4.74 Å². The molecule has 3 rings (SSSR count). The molecule has 0 spiro atoms. The molecule has 1 amide bonds. The van der Waals surface area contributed by atoms with Gasteiger partial charge in [-0.2, -0.15) is 0 Å². The van der Waals surface area contributed by atoms with Gasteiger partial charge < -0.3 is 9.84 Å². The molecule has 0 radical (unpaired) electrons. The molecule has 0 atom stereocenters. The van der Waals surface area contributed by atoms with Crippen LogP contribution < -0.4 is 5.32 Å². The monoisotopic (exact) mass is 439 g/mol. The summed E-state index contributed by atoms with van der Waals surface area (Å²) in [6.07, 6.45) is -0.881. The Labute approximate surface area is 182 Å². The van der Waals surface area contributed by atoms with E-state index in [1.807, 2.05) is 0 Å². The SMILES string of the molecule is CC(C)(C)OC(=O)Nc1ncc(-c2ccc(C#Cc3cc(F)cc(F)c3)cc2)n1C(=O)O. The predicted octanol–water partition coefficient (Wildman–Crippen LogP) is 5.10. The summed E-state index contributed by atoms with van der Waals surface area (Å²) in [7, 11) is 0. The molecule has 1 aromatic heterocycles. The summed E-state index contributed by atoms with van der Waals surface area (Å²) in [4.78, 5) is 27.7. The lowest BCUT2D eigenvalue weighted by atomic mass is 10.1. The number of carbonyl (C=O) groups is 2. The molecular weight excluding hydrogens is 420 g/mol. The van der Waals surface area contributed by atoms with Crippen molar-refractivity contribution in [2.24, 2.45) is 0 Å². The number of hydrogen-bond donors (Lipinski definition) is 2. The van der Waals surface area contributed by atoms with Gasteiger partial charge in [0.25, 0.3) is 0 Å². The number of rotatable bonds is 2. The van der Waals surface area contributed by atoms with Crippen LogP contribution in [-0.2, 0) is 4.74 Å². The second-order valence-corrected chi connectivity index (χ2v) is 7.70. The summed E-state index contributed by atoms with van der Waals surface area (Å²) in [5, 5.41) is 11.9. The fourth-order valence-corrected chi connectivity index (χ4v) is 2.73. The van der Waals surface area contributed by atoms with Gasteiger partial charge in [-0.1, -0.05) is 24.0 Å². The molecule has 0 aliphatic rings. The van der Waals surface area contributed by atoms with Crippen LogP contribution in [0.3, 0.4) is 0 Å². The van der Waals surface area contributed by atoms with E-state index in [9.17, 15) is 23.5 Å². The number of aromatic nitrogens is 2. The first-order valence-electron chi connectivity index (χ1n) is 9.41. The van der Waals surface area contributed by atoms with Crippen molar-refractivity contribution in [2.75, 3.05) is 5.32 Å². The topological polar surface area (TPSA) is 93.5 Å². The number of anilines is 1. The summed E-state index contributed by atoms with van der Waals surface area (Å²) < 4.78 is 32.5. The molecule has 32 heavy (non-hydrogen) atoms. The minimum Gasteiger partial charge on any atom is -0.464 e. The zero-order chi connectivity index (χ0) is 23.5. The number of amides is 1. The summed E-state index contributed by atoms with van der Waals surface area (Å²) in [6.45, 7) is 5.03. The highest BCUT2D eigenvalue weighted by molar-refractivity contribution is 5.88. The standard InChI is InChI=1S/C23H19F2N3O4/c1-23(2,3)32-21(29)27-20-26-13-19(28(20)22(30)31)16-8-6-14(7-9-16)4-5-15-10-17(24)12-18(25)11-15/h6-13H,1-3H3,(H,30,31)(H,26,27,29). The van der Waals surface area contributed by atoms with Gasteiger partial charge in [0, 0.05) is 22.8 Å². The number of carboxylic acid groups (broad SMARTS) is 1. The van der Waals surface area contributed by atoms with Gasteiger partial charge in [0.15, 0.2) is 0 Å². The van der Waals surface area contributed by atoms with Crippen LogP contribution in [0.1, 0.15) is 31.9 Å². The highest BCUT2D eigenvalue weighted by Gasteiger charge is 2.22. The Morgan fingerprint density at radius 3 is 2.19 bits per heavy atom. The molecule has 1 heterocycles. The van der Waals surface area contributed by atoms with Crippen molar-refractivity contribution in [2.45, 2.75) is 26.4 Å². The summed E-state index contributed by atoms with van der Waals surface area (Å²) in [6, 6.07) is 9.48. The lowest BCUT2D eigenvalue weighted by Gasteiger charge is -2.19. The largest absolute Gasteiger partial charge is 0.464 e. The van der Waals surface area contributed by atoms with Gasteiger partial charge in [-0.3, -0.25) is 5.32 Å². The lowest BCUT2D eigenvalue weighted by Crippen LogP contribution is -2.28. The minimum atomic E-state index is -1.35. The first-order chi connectivity index (χ1) is 15.0. The number of hydrogen-bond acceptors (Lipinski definition) is 4. The van der Waals surface area contributed by atoms with Crippen molar-refractivity contribution in [3.63, 3.8) is 0 Å². The van der Waals surface area contributed by atoms with Crippen molar-refractivity contribution in [1.29, 1.82) is 0 Å². The van der Waals surface area contributed by atoms with Crippen molar-refractivity contribution in [3.05, 3.63) is 71.4 Å². The number of imidazole rings is 1. The quantitative estimate of drug-likeness (QED) is 0.542. The Kier molecular flexibility index (Phi) is 6.25. The van der Waals surface area contributed by atoms with Crippen LogP contribution in [0.25, 0.3) is 11.3 Å². The van der Waals surface area contributed by atoms with Gasteiger partial charge in [0.05, 0.1) is 11.9 Å². The molecule has 3 aromatic rings. The number of carbonyl (C=O) groups excluding carboxylic acids is 1. The molecule has 0 fully saturated rings. The molecule has 0 aliphatic carbocycles. The van der Waals surface area contributed by atoms with Crippen molar-refractivity contribution in [1.82, 2.24) is 9.55 Å². The first-order valence-corrected chi connectivity index (χ1v) is 9.41. The normalized spacial score (nSPS) is 10.8. The van der Waals surface area contributed by atoms with Crippen molar-refractivity contribution >= 4 is 18.1 Å². The van der Waals surface area contributed by atoms with E-state index in [-0.39, 0.29) is 17.2 Å². The number of benzene rings is 2. The van der Waals surface area contributed by atoms with E-state index in [1.165, 1.54) is 6.20 Å². The van der Waals surface area contributed by atoms with Crippen molar-refractivity contribution < 1.29 is 28.2 Å². The van der Waals surface area contributed by atoms with Crippen LogP contribution >= 0.6 is 0 Å². The Morgan fingerprint density at radius 1 is 1.03 bits per heavy atom. The molecular formula is C23H19F2N3O4. The molecule has 7 nitrogen and oxygen atoms in total. The Bertz CT molecular complexity index is 1210. The number of ether oxygens (including phenoxy) is 1. The van der Waals surface area contributed by atoms with E-state index in [0.717, 1.165) is 22.8 Å². The molecule has 0 saturated carbocycles. The maximum Gasteiger partial charge on any atom is 0.418 e. The molecule has 0 saturated heterocycles. The van der Waals surface area contributed by atoms with Gasteiger partial charge in [-0.05, 0) is 45.0 Å². The van der Waals surface area contributed by atoms with E-state index < -0.39 is 29.4 Å². The zero-order valence-electron chi connectivity index (χ0n) is 17.4. The maximum atomic E-state index is 13.3. The third kappa shape index (κ3) is 5.70. The molecule has 0 aliphatic heterocycles. The molecule has 2 N–H and O–H groups in total. The van der Waals surface area contributed by atoms with Crippen LogP contribution in [0.2, 0.25) is 0 Å². The smallest absolute Gasteiger partial charge is 0.418 e. The molecule has 2 aromatic carbocycles. The molecule has 164 valence electrons. The number of halogens is 2. The summed E-state index contributed by atoms with van der Waals surface area (Å²) in [5.41, 5.74) is 0.692. The fourth-order valence-electron chi connectivity index (χ4n) is 2.73. The minimum absolute atomic E-state index is 0.188. The van der Waals surface area contributed by atoms with Gasteiger partial charge >= 0.3 is 12.2 Å². The molecule has 9 heteroatoms. The number of nitrogens with one attached hydrogen (secondary N) is 1. The first kappa shape index (κ1) is 22.5. The van der Waals surface area contributed by atoms with Gasteiger partial charge in [0.1, 0.15) is 17.2 Å². The van der Waals surface area contributed by atoms with Crippen LogP contribution in [0.5, 0.6) is 0 Å². The Balaban J connectivity index is 1.84. The second kappa shape index (κ2) is 8.89. The van der Waals surface area contributed by atoms with Crippen LogP contribution in [0.15, 0.2) is 48.7 Å². The average Bonchev–Trinajstić information content (AvgIpc) is 3.08. The number of nitrogens with zero attached hydrogens (tertiary/aromatic N) is 2. The van der Waals surface area contributed by atoms with E-state index in [1.54, 1.807) is 45.0 Å². The summed E-state index contributed by atoms with van der Waals surface area (Å²) in [5.74, 6) is 3.81. The third-order valence-electron chi connectivity index (χ3n) is 3.96. The zero-order valence-corrected chi connectivity index (χ0v) is 17.4. The highest BCUT2D eigenvalue weighted by atomic mass is 19.1. The Hall–Kier alpha value is -4.19. The van der Waals surface area contributed by atoms with Crippen LogP contribution in [0, 0.1) is 23.5 Å². The van der Waals surface area contributed by atoms with E-state index in [2.05, 4.69) is 22.1 Å². The van der Waals surface area contributed by atoms with Gasteiger partial charge in [-0.25, -0.2) is 27.9 Å². The second-order valence-electron chi connectivity index (χ2n) is 7.70. The third-order valence-corrected chi connectivity index (χ3v) is 3.96. The van der Waals surface area contributed by atoms with E-state index in [0.29, 0.717) is 11.1 Å². The van der Waals surface area contributed by atoms with Crippen molar-refractivity contribution in [3.8, 4) is 23.1 Å². The fraction of sp³-hybridized carbons (Fsp3) is 0.174. The van der Waals surface area contributed by atoms with Gasteiger partial charge in [-0.15, -0.1) is 0 Å². The predicted molar refractivity (Wildman–Crippen MR) is 113 cm³/mol. The van der Waals surface area contributed by atoms with Crippen LogP contribution in [0.4, 0.5) is 24.3 Å². The Morgan fingerprint density at radius 2 is 1.62 bits per heavy atom. The van der Waals surface area contributed by atoms with Gasteiger partial charge in [0.2, 0.25) is 5.95 Å². The lowest BCUT2D eigenvalue weighted by molar-refractivity contribution is 0.0634. The van der Waals surface area contributed by atoms with E-state index >= 15 is 0 Å². The highest BCUT2D eigenvalue weighted by Crippen LogP contribution is 2.24. The average molecular weight is 439 g/mol. The summed E-state index contributed by atoms with van der Waals surface area (Å²) >= 11 is 0. The maximum absolute atomic E-state index is 13.3. The van der Waals surface area contributed by atoms with Crippen LogP contribution in [-0.4, -0.2) is 32.4 Å².